The van der Waals surface area contributed by atoms with E-state index in [1.54, 1.807) is 13.3 Å². The lowest BCUT2D eigenvalue weighted by atomic mass is 10.0. The van der Waals surface area contributed by atoms with Crippen LogP contribution in [0, 0.1) is 0 Å². The fourth-order valence-corrected chi connectivity index (χ4v) is 2.96. The smallest absolute Gasteiger partial charge is 0.122 e. The number of ether oxygens (including phenoxy) is 1. The molecule has 0 fully saturated rings. The lowest BCUT2D eigenvalue weighted by Gasteiger charge is -2.18. The van der Waals surface area contributed by atoms with Crippen LogP contribution in [0.2, 0.25) is 0 Å². The molecule has 0 saturated heterocycles. The van der Waals surface area contributed by atoms with Gasteiger partial charge in [0, 0.05) is 15.1 Å². The quantitative estimate of drug-likeness (QED) is 0.596. The predicted octanol–water partition coefficient (Wildman–Crippen LogP) is 3.36. The van der Waals surface area contributed by atoms with E-state index in [1.807, 2.05) is 30.3 Å². The number of halogens is 2. The SMILES string of the molecule is COc1ccc(Br)cc1CC(NN)c1ncccc1Br. The van der Waals surface area contributed by atoms with Gasteiger partial charge in [0.25, 0.3) is 0 Å². The van der Waals surface area contributed by atoms with Gasteiger partial charge in [-0.25, -0.2) is 0 Å². The summed E-state index contributed by atoms with van der Waals surface area (Å²) >= 11 is 6.98. The third kappa shape index (κ3) is 3.58. The van der Waals surface area contributed by atoms with Crippen molar-refractivity contribution in [3.05, 3.63) is 56.7 Å². The Kier molecular flexibility index (Phi) is 5.54. The summed E-state index contributed by atoms with van der Waals surface area (Å²) in [5.41, 5.74) is 4.75. The first-order valence-electron chi connectivity index (χ1n) is 6.04. The van der Waals surface area contributed by atoms with Crippen LogP contribution in [0.25, 0.3) is 0 Å². The number of hydrogen-bond donors (Lipinski definition) is 2. The summed E-state index contributed by atoms with van der Waals surface area (Å²) in [5, 5.41) is 0. The molecular formula is C14H15Br2N3O. The van der Waals surface area contributed by atoms with Crippen LogP contribution in [0.5, 0.6) is 5.75 Å². The Morgan fingerprint density at radius 2 is 2.15 bits per heavy atom. The molecule has 0 saturated carbocycles. The van der Waals surface area contributed by atoms with Gasteiger partial charge in [-0.15, -0.1) is 0 Å². The zero-order chi connectivity index (χ0) is 14.5. The minimum atomic E-state index is -0.103. The second-order valence-corrected chi connectivity index (χ2v) is 6.02. The zero-order valence-corrected chi connectivity index (χ0v) is 14.1. The lowest BCUT2D eigenvalue weighted by Crippen LogP contribution is -2.30. The van der Waals surface area contributed by atoms with Crippen molar-refractivity contribution in [3.63, 3.8) is 0 Å². The second-order valence-electron chi connectivity index (χ2n) is 4.25. The van der Waals surface area contributed by atoms with Gasteiger partial charge in [-0.2, -0.15) is 0 Å². The summed E-state index contributed by atoms with van der Waals surface area (Å²) in [5.74, 6) is 6.52. The van der Waals surface area contributed by atoms with Crippen LogP contribution < -0.4 is 16.0 Å². The van der Waals surface area contributed by atoms with Crippen molar-refractivity contribution in [3.8, 4) is 5.75 Å². The topological polar surface area (TPSA) is 60.2 Å². The number of pyridine rings is 1. The molecule has 0 radical (unpaired) electrons. The molecule has 1 atom stereocenters. The summed E-state index contributed by atoms with van der Waals surface area (Å²) in [6.07, 6.45) is 2.43. The molecular weight excluding hydrogens is 386 g/mol. The number of nitrogens with two attached hydrogens (primary N) is 1. The van der Waals surface area contributed by atoms with E-state index >= 15 is 0 Å². The summed E-state index contributed by atoms with van der Waals surface area (Å²) < 4.78 is 7.32. The molecule has 6 heteroatoms. The van der Waals surface area contributed by atoms with E-state index in [2.05, 4.69) is 42.3 Å². The van der Waals surface area contributed by atoms with E-state index in [0.717, 1.165) is 26.0 Å². The molecule has 1 aromatic carbocycles. The normalized spacial score (nSPS) is 12.2. The average molecular weight is 401 g/mol. The molecule has 4 nitrogen and oxygen atoms in total. The van der Waals surface area contributed by atoms with Gasteiger partial charge in [-0.3, -0.25) is 16.3 Å². The van der Waals surface area contributed by atoms with E-state index < -0.39 is 0 Å². The van der Waals surface area contributed by atoms with Gasteiger partial charge in [-0.05, 0) is 58.2 Å². The number of nitrogens with one attached hydrogen (secondary N) is 1. The molecule has 2 aromatic rings. The highest BCUT2D eigenvalue weighted by molar-refractivity contribution is 9.10. The first-order valence-corrected chi connectivity index (χ1v) is 7.63. The minimum absolute atomic E-state index is 0.103. The maximum absolute atomic E-state index is 5.69. The Balaban J connectivity index is 2.31. The number of rotatable bonds is 5. The molecule has 106 valence electrons. The van der Waals surface area contributed by atoms with Crippen molar-refractivity contribution in [2.24, 2.45) is 5.84 Å². The summed E-state index contributed by atoms with van der Waals surface area (Å²) in [6.45, 7) is 0. The van der Waals surface area contributed by atoms with Crippen LogP contribution in [-0.4, -0.2) is 12.1 Å². The number of benzene rings is 1. The van der Waals surface area contributed by atoms with E-state index in [4.69, 9.17) is 10.6 Å². The summed E-state index contributed by atoms with van der Waals surface area (Å²) in [6, 6.07) is 9.63. The molecule has 1 aromatic heterocycles. The van der Waals surface area contributed by atoms with Crippen LogP contribution in [-0.2, 0) is 6.42 Å². The van der Waals surface area contributed by atoms with Gasteiger partial charge < -0.3 is 4.74 Å². The Labute approximate surface area is 135 Å². The molecule has 1 unspecified atom stereocenters. The fourth-order valence-electron chi connectivity index (χ4n) is 2.02. The monoisotopic (exact) mass is 399 g/mol. The average Bonchev–Trinajstić information content (AvgIpc) is 2.46. The van der Waals surface area contributed by atoms with Crippen LogP contribution in [0.15, 0.2) is 45.5 Å². The summed E-state index contributed by atoms with van der Waals surface area (Å²) in [4.78, 5) is 4.38. The predicted molar refractivity (Wildman–Crippen MR) is 86.4 cm³/mol. The second kappa shape index (κ2) is 7.17. The largest absolute Gasteiger partial charge is 0.496 e. The van der Waals surface area contributed by atoms with Crippen molar-refractivity contribution in [1.29, 1.82) is 0 Å². The molecule has 3 N–H and O–H groups in total. The highest BCUT2D eigenvalue weighted by Gasteiger charge is 2.17. The van der Waals surface area contributed by atoms with Gasteiger partial charge in [-0.1, -0.05) is 15.9 Å². The molecule has 0 amide bonds. The standard InChI is InChI=1S/C14H15Br2N3O/c1-20-13-5-4-10(15)7-9(13)8-12(19-17)14-11(16)3-2-6-18-14/h2-7,12,19H,8,17H2,1H3. The zero-order valence-electron chi connectivity index (χ0n) is 10.9. The van der Waals surface area contributed by atoms with Crippen molar-refractivity contribution in [1.82, 2.24) is 10.4 Å². The lowest BCUT2D eigenvalue weighted by molar-refractivity contribution is 0.405. The first-order chi connectivity index (χ1) is 9.65. The Bertz CT molecular complexity index is 592. The van der Waals surface area contributed by atoms with Gasteiger partial charge in [0.05, 0.1) is 18.8 Å². The highest BCUT2D eigenvalue weighted by atomic mass is 79.9. The molecule has 20 heavy (non-hydrogen) atoms. The van der Waals surface area contributed by atoms with Crippen molar-refractivity contribution in [2.45, 2.75) is 12.5 Å². The molecule has 0 aliphatic rings. The third-order valence-corrected chi connectivity index (χ3v) is 4.15. The van der Waals surface area contributed by atoms with Gasteiger partial charge in [0.2, 0.25) is 0 Å². The number of hydrazine groups is 1. The van der Waals surface area contributed by atoms with Crippen LogP contribution >= 0.6 is 31.9 Å². The number of hydrogen-bond acceptors (Lipinski definition) is 4. The number of aromatic nitrogens is 1. The number of nitrogens with zero attached hydrogens (tertiary/aromatic N) is 1. The van der Waals surface area contributed by atoms with Crippen molar-refractivity contribution < 1.29 is 4.74 Å². The van der Waals surface area contributed by atoms with Gasteiger partial charge >= 0.3 is 0 Å². The van der Waals surface area contributed by atoms with Crippen LogP contribution in [0.4, 0.5) is 0 Å². The van der Waals surface area contributed by atoms with E-state index in [0.29, 0.717) is 6.42 Å². The summed E-state index contributed by atoms with van der Waals surface area (Å²) in [7, 11) is 1.66. The van der Waals surface area contributed by atoms with E-state index in [9.17, 15) is 0 Å². The molecule has 2 rings (SSSR count). The maximum Gasteiger partial charge on any atom is 0.122 e. The molecule has 0 aliphatic heterocycles. The Morgan fingerprint density at radius 3 is 2.80 bits per heavy atom. The highest BCUT2D eigenvalue weighted by Crippen LogP contribution is 2.29. The Hall–Kier alpha value is -0.950. The van der Waals surface area contributed by atoms with Crippen molar-refractivity contribution >= 4 is 31.9 Å². The Morgan fingerprint density at radius 1 is 1.35 bits per heavy atom. The van der Waals surface area contributed by atoms with E-state index in [1.165, 1.54) is 0 Å². The fraction of sp³-hybridized carbons (Fsp3) is 0.214. The van der Waals surface area contributed by atoms with E-state index in [-0.39, 0.29) is 6.04 Å². The van der Waals surface area contributed by atoms with Gasteiger partial charge in [0.15, 0.2) is 0 Å². The molecule has 0 spiro atoms. The van der Waals surface area contributed by atoms with Crippen molar-refractivity contribution in [2.75, 3.05) is 7.11 Å². The molecule has 0 bridgehead atoms. The van der Waals surface area contributed by atoms with Gasteiger partial charge in [0.1, 0.15) is 5.75 Å². The van der Waals surface area contributed by atoms with Crippen LogP contribution in [0.3, 0.4) is 0 Å². The maximum atomic E-state index is 5.69. The first kappa shape index (κ1) is 15.4. The molecule has 0 aliphatic carbocycles. The van der Waals surface area contributed by atoms with Crippen LogP contribution in [0.1, 0.15) is 17.3 Å². The minimum Gasteiger partial charge on any atom is -0.496 e. The number of methoxy groups -OCH3 is 1. The third-order valence-electron chi connectivity index (χ3n) is 2.98. The molecule has 1 heterocycles.